The number of carboxylic acid groups (broad SMARTS) is 1. The van der Waals surface area contributed by atoms with Crippen LogP contribution >= 0.6 is 15.9 Å². The van der Waals surface area contributed by atoms with Crippen molar-refractivity contribution >= 4 is 27.5 Å². The molecule has 0 aliphatic rings. The van der Waals surface area contributed by atoms with Crippen LogP contribution in [-0.4, -0.2) is 20.5 Å². The normalized spacial score (nSPS) is 10.9. The topological polar surface area (TPSA) is 54.6 Å². The van der Waals surface area contributed by atoms with Gasteiger partial charge >= 0.3 is 5.97 Å². The van der Waals surface area contributed by atoms with Crippen LogP contribution < -0.4 is 0 Å². The van der Waals surface area contributed by atoms with Gasteiger partial charge in [-0.15, -0.1) is 0 Å². The van der Waals surface area contributed by atoms with E-state index < -0.39 is 5.97 Å². The first-order chi connectivity index (χ1) is 9.58. The fourth-order valence-corrected chi connectivity index (χ4v) is 2.53. The van der Waals surface area contributed by atoms with Crippen LogP contribution in [0.25, 0.3) is 16.9 Å². The lowest BCUT2D eigenvalue weighted by Crippen LogP contribution is -2.05. The minimum atomic E-state index is -0.982. The lowest BCUT2D eigenvalue weighted by Gasteiger charge is -2.03. The highest BCUT2D eigenvalue weighted by Gasteiger charge is 2.20. The number of nitrogens with zero attached hydrogens (tertiary/aromatic N) is 2. The van der Waals surface area contributed by atoms with Gasteiger partial charge in [-0.25, -0.2) is 9.78 Å². The number of fused-ring (bicyclic) bond motifs is 1. The molecule has 100 valence electrons. The van der Waals surface area contributed by atoms with Gasteiger partial charge in [0, 0.05) is 15.7 Å². The molecule has 0 aliphatic carbocycles. The van der Waals surface area contributed by atoms with Crippen molar-refractivity contribution in [2.45, 2.75) is 6.92 Å². The van der Waals surface area contributed by atoms with Crippen molar-refractivity contribution in [1.29, 1.82) is 0 Å². The van der Waals surface area contributed by atoms with Gasteiger partial charge in [-0.3, -0.25) is 4.40 Å². The van der Waals surface area contributed by atoms with E-state index in [0.29, 0.717) is 11.3 Å². The zero-order valence-electron chi connectivity index (χ0n) is 10.7. The average Bonchev–Trinajstić information content (AvgIpc) is 2.80. The van der Waals surface area contributed by atoms with Gasteiger partial charge in [-0.2, -0.15) is 0 Å². The summed E-state index contributed by atoms with van der Waals surface area (Å²) in [5.74, 6) is -0.982. The number of pyridine rings is 1. The molecule has 2 aromatic heterocycles. The summed E-state index contributed by atoms with van der Waals surface area (Å²) in [6.45, 7) is 1.87. The average molecular weight is 331 g/mol. The molecule has 4 nitrogen and oxygen atoms in total. The Bertz CT molecular complexity index is 807. The summed E-state index contributed by atoms with van der Waals surface area (Å²) in [5, 5.41) is 9.52. The zero-order valence-corrected chi connectivity index (χ0v) is 12.3. The largest absolute Gasteiger partial charge is 0.476 e. The number of aryl methyl sites for hydroxylation is 1. The summed E-state index contributed by atoms with van der Waals surface area (Å²) in [5.41, 5.74) is 2.95. The highest BCUT2D eigenvalue weighted by molar-refractivity contribution is 9.10. The van der Waals surface area contributed by atoms with Gasteiger partial charge in [0.2, 0.25) is 0 Å². The molecule has 0 bridgehead atoms. The molecule has 2 heterocycles. The fourth-order valence-electron chi connectivity index (χ4n) is 2.26. The van der Waals surface area contributed by atoms with E-state index in [1.165, 1.54) is 0 Å². The van der Waals surface area contributed by atoms with E-state index in [4.69, 9.17) is 0 Å². The van der Waals surface area contributed by atoms with E-state index in [9.17, 15) is 9.90 Å². The quantitative estimate of drug-likeness (QED) is 0.778. The fraction of sp³-hybridized carbons (Fsp3) is 0.0667. The Labute approximate surface area is 123 Å². The molecule has 0 unspecified atom stereocenters. The molecular formula is C15H11BrN2O2. The Morgan fingerprint density at radius 1 is 1.20 bits per heavy atom. The molecule has 3 aromatic rings. The third-order valence-corrected chi connectivity index (χ3v) is 3.69. The number of aromatic nitrogens is 2. The Kier molecular flexibility index (Phi) is 3.06. The molecule has 0 fully saturated rings. The maximum Gasteiger partial charge on any atom is 0.355 e. The molecule has 1 N–H and O–H groups in total. The molecule has 0 saturated carbocycles. The second-order valence-electron chi connectivity index (χ2n) is 4.48. The van der Waals surface area contributed by atoms with Gasteiger partial charge in [-0.05, 0) is 31.2 Å². The number of rotatable bonds is 2. The number of benzene rings is 1. The molecule has 0 amide bonds. The van der Waals surface area contributed by atoms with E-state index in [2.05, 4.69) is 20.9 Å². The molecule has 0 spiro atoms. The van der Waals surface area contributed by atoms with E-state index >= 15 is 0 Å². The Morgan fingerprint density at radius 3 is 2.55 bits per heavy atom. The number of hydrogen-bond donors (Lipinski definition) is 1. The third kappa shape index (κ3) is 2.00. The minimum Gasteiger partial charge on any atom is -0.476 e. The lowest BCUT2D eigenvalue weighted by molar-refractivity contribution is 0.0690. The number of imidazole rings is 1. The molecule has 1 aromatic carbocycles. The molecule has 0 saturated heterocycles. The Hall–Kier alpha value is -2.14. The van der Waals surface area contributed by atoms with Gasteiger partial charge in [0.15, 0.2) is 5.69 Å². The number of halogens is 1. The summed E-state index contributed by atoms with van der Waals surface area (Å²) in [7, 11) is 0. The summed E-state index contributed by atoms with van der Waals surface area (Å²) in [6, 6.07) is 13.0. The van der Waals surface area contributed by atoms with Crippen LogP contribution in [0.1, 0.15) is 16.2 Å². The number of carboxylic acids is 1. The van der Waals surface area contributed by atoms with Gasteiger partial charge in [0.05, 0.1) is 0 Å². The predicted molar refractivity (Wildman–Crippen MR) is 80.0 cm³/mol. The maximum absolute atomic E-state index is 11.6. The van der Waals surface area contributed by atoms with Crippen molar-refractivity contribution in [2.75, 3.05) is 0 Å². The number of hydrogen-bond acceptors (Lipinski definition) is 2. The van der Waals surface area contributed by atoms with Crippen LogP contribution in [0.15, 0.2) is 46.9 Å². The van der Waals surface area contributed by atoms with Crippen molar-refractivity contribution < 1.29 is 9.90 Å². The van der Waals surface area contributed by atoms with Crippen molar-refractivity contribution in [3.63, 3.8) is 0 Å². The molecule has 5 heteroatoms. The van der Waals surface area contributed by atoms with E-state index in [0.717, 1.165) is 15.7 Å². The highest BCUT2D eigenvalue weighted by Crippen LogP contribution is 2.26. The summed E-state index contributed by atoms with van der Waals surface area (Å²) in [6.07, 6.45) is 0. The van der Waals surface area contributed by atoms with Crippen molar-refractivity contribution in [1.82, 2.24) is 9.38 Å². The SMILES string of the molecule is Cc1cccc2nc(-c3ccc(Br)cc3)c(C(=O)O)n12. The zero-order chi connectivity index (χ0) is 14.3. The van der Waals surface area contributed by atoms with Crippen LogP contribution in [-0.2, 0) is 0 Å². The first kappa shape index (κ1) is 12.9. The monoisotopic (exact) mass is 330 g/mol. The molecule has 0 atom stereocenters. The van der Waals surface area contributed by atoms with E-state index in [-0.39, 0.29) is 5.69 Å². The highest BCUT2D eigenvalue weighted by atomic mass is 79.9. The second-order valence-corrected chi connectivity index (χ2v) is 5.40. The van der Waals surface area contributed by atoms with Crippen molar-refractivity contribution in [3.05, 3.63) is 58.3 Å². The van der Waals surface area contributed by atoms with Gasteiger partial charge in [0.25, 0.3) is 0 Å². The van der Waals surface area contributed by atoms with Gasteiger partial charge < -0.3 is 5.11 Å². The van der Waals surface area contributed by atoms with E-state index in [1.54, 1.807) is 4.40 Å². The first-order valence-corrected chi connectivity index (χ1v) is 6.84. The van der Waals surface area contributed by atoms with Gasteiger partial charge in [-0.1, -0.05) is 34.1 Å². The van der Waals surface area contributed by atoms with Crippen LogP contribution in [0.3, 0.4) is 0 Å². The lowest BCUT2D eigenvalue weighted by atomic mass is 10.1. The summed E-state index contributed by atoms with van der Waals surface area (Å²) in [4.78, 5) is 16.1. The maximum atomic E-state index is 11.6. The van der Waals surface area contributed by atoms with Crippen LogP contribution in [0, 0.1) is 6.92 Å². The standard InChI is InChI=1S/C15H11BrN2O2/c1-9-3-2-4-12-17-13(14(15(19)20)18(9)12)10-5-7-11(16)8-6-10/h2-8H,1H3,(H,19,20). The Balaban J connectivity index is 2.35. The van der Waals surface area contributed by atoms with Gasteiger partial charge in [0.1, 0.15) is 11.3 Å². The molecule has 3 rings (SSSR count). The van der Waals surface area contributed by atoms with Crippen LogP contribution in [0.5, 0.6) is 0 Å². The molecular weight excluding hydrogens is 320 g/mol. The summed E-state index contributed by atoms with van der Waals surface area (Å²) < 4.78 is 2.61. The smallest absolute Gasteiger partial charge is 0.355 e. The number of aromatic carboxylic acids is 1. The molecule has 20 heavy (non-hydrogen) atoms. The predicted octanol–water partition coefficient (Wildman–Crippen LogP) is 3.77. The van der Waals surface area contributed by atoms with Crippen LogP contribution in [0.4, 0.5) is 0 Å². The van der Waals surface area contributed by atoms with Crippen LogP contribution in [0.2, 0.25) is 0 Å². The molecule has 0 radical (unpaired) electrons. The summed E-state index contributed by atoms with van der Waals surface area (Å²) >= 11 is 3.37. The van der Waals surface area contributed by atoms with E-state index in [1.807, 2.05) is 49.4 Å². The first-order valence-electron chi connectivity index (χ1n) is 6.05. The molecule has 0 aliphatic heterocycles. The Morgan fingerprint density at radius 2 is 1.90 bits per heavy atom. The third-order valence-electron chi connectivity index (χ3n) is 3.16. The van der Waals surface area contributed by atoms with Crippen molar-refractivity contribution in [3.8, 4) is 11.3 Å². The second kappa shape index (κ2) is 4.76. The minimum absolute atomic E-state index is 0.195. The van der Waals surface area contributed by atoms with Crippen molar-refractivity contribution in [2.24, 2.45) is 0 Å². The number of carbonyl (C=O) groups is 1.